The maximum Gasteiger partial charge on any atom is 0.104 e. The molecule has 2 aliphatic rings. The number of hydrogen-bond donors (Lipinski definition) is 3. The van der Waals surface area contributed by atoms with Crippen LogP contribution in [0, 0.1) is 0 Å². The molecular formula is C17H17NO2. The summed E-state index contributed by atoms with van der Waals surface area (Å²) in [7, 11) is 0. The Balaban J connectivity index is 2.04. The van der Waals surface area contributed by atoms with E-state index in [9.17, 15) is 10.2 Å². The van der Waals surface area contributed by atoms with Gasteiger partial charge >= 0.3 is 0 Å². The summed E-state index contributed by atoms with van der Waals surface area (Å²) in [5.41, 5.74) is 3.99. The molecule has 0 spiro atoms. The molecular weight excluding hydrogens is 250 g/mol. The molecule has 0 saturated carbocycles. The van der Waals surface area contributed by atoms with Gasteiger partial charge in [-0.25, -0.2) is 0 Å². The molecule has 2 aromatic carbocycles. The Morgan fingerprint density at radius 3 is 2.60 bits per heavy atom. The Bertz CT molecular complexity index is 657. The van der Waals surface area contributed by atoms with Gasteiger partial charge in [-0.05, 0) is 28.7 Å². The van der Waals surface area contributed by atoms with Crippen LogP contribution in [-0.4, -0.2) is 22.9 Å². The molecule has 20 heavy (non-hydrogen) atoms. The van der Waals surface area contributed by atoms with E-state index in [1.165, 1.54) is 11.1 Å². The third kappa shape index (κ3) is 1.35. The molecule has 4 rings (SSSR count). The number of aliphatic hydroxyl groups excluding tert-OH is 2. The fourth-order valence-corrected chi connectivity index (χ4v) is 3.87. The maximum absolute atomic E-state index is 10.5. The first-order valence-electron chi connectivity index (χ1n) is 7.02. The monoisotopic (exact) mass is 267 g/mol. The van der Waals surface area contributed by atoms with Gasteiger partial charge in [-0.2, -0.15) is 0 Å². The van der Waals surface area contributed by atoms with Crippen molar-refractivity contribution in [2.75, 3.05) is 6.61 Å². The minimum Gasteiger partial charge on any atom is -0.394 e. The van der Waals surface area contributed by atoms with Crippen LogP contribution >= 0.6 is 0 Å². The molecule has 0 fully saturated rings. The van der Waals surface area contributed by atoms with Crippen LogP contribution < -0.4 is 5.32 Å². The van der Waals surface area contributed by atoms with Crippen molar-refractivity contribution in [3.63, 3.8) is 0 Å². The lowest BCUT2D eigenvalue weighted by atomic mass is 9.77. The van der Waals surface area contributed by atoms with Gasteiger partial charge in [-0.1, -0.05) is 48.5 Å². The first kappa shape index (κ1) is 12.1. The van der Waals surface area contributed by atoms with Crippen molar-refractivity contribution < 1.29 is 10.2 Å². The largest absolute Gasteiger partial charge is 0.394 e. The number of benzene rings is 2. The van der Waals surface area contributed by atoms with E-state index in [2.05, 4.69) is 29.6 Å². The lowest BCUT2D eigenvalue weighted by Crippen LogP contribution is -2.53. The molecule has 0 amide bonds. The Morgan fingerprint density at radius 1 is 1.10 bits per heavy atom. The van der Waals surface area contributed by atoms with Crippen molar-refractivity contribution in [1.29, 1.82) is 0 Å². The lowest BCUT2D eigenvalue weighted by molar-refractivity contribution is 0.0264. The maximum atomic E-state index is 10.5. The molecule has 0 aromatic heterocycles. The molecule has 0 unspecified atom stereocenters. The van der Waals surface area contributed by atoms with Gasteiger partial charge in [-0.15, -0.1) is 0 Å². The predicted molar refractivity (Wildman–Crippen MR) is 76.3 cm³/mol. The summed E-state index contributed by atoms with van der Waals surface area (Å²) in [6.45, 7) is -0.262. The summed E-state index contributed by atoms with van der Waals surface area (Å²) in [6.07, 6.45) is 0.0719. The second kappa shape index (κ2) is 4.16. The third-order valence-corrected chi connectivity index (χ3v) is 4.70. The number of nitrogens with one attached hydrogen (secondary N) is 1. The normalized spacial score (nSPS) is 27.8. The van der Waals surface area contributed by atoms with Crippen molar-refractivity contribution in [2.24, 2.45) is 0 Å². The van der Waals surface area contributed by atoms with E-state index >= 15 is 0 Å². The van der Waals surface area contributed by atoms with Gasteiger partial charge in [0, 0.05) is 6.04 Å². The number of fused-ring (bicyclic) bond motifs is 7. The Morgan fingerprint density at radius 2 is 1.80 bits per heavy atom. The van der Waals surface area contributed by atoms with Crippen molar-refractivity contribution in [1.82, 2.24) is 5.32 Å². The number of hydrogen-bond acceptors (Lipinski definition) is 3. The molecule has 2 aromatic rings. The molecule has 2 bridgehead atoms. The molecule has 102 valence electrons. The quantitative estimate of drug-likeness (QED) is 0.772. The highest BCUT2D eigenvalue weighted by molar-refractivity contribution is 5.56. The minimum absolute atomic E-state index is 0.210. The van der Waals surface area contributed by atoms with Crippen molar-refractivity contribution >= 4 is 0 Å². The van der Waals surface area contributed by atoms with Crippen LogP contribution in [0.25, 0.3) is 0 Å². The summed E-state index contributed by atoms with van der Waals surface area (Å²) < 4.78 is 0. The van der Waals surface area contributed by atoms with Crippen LogP contribution in [0.4, 0.5) is 0 Å². The number of aliphatic hydroxyl groups is 2. The predicted octanol–water partition coefficient (Wildman–Crippen LogP) is 1.48. The van der Waals surface area contributed by atoms with Gasteiger partial charge in [0.05, 0.1) is 12.1 Å². The number of rotatable bonds is 2. The average Bonchev–Trinajstić information content (AvgIpc) is 2.78. The molecule has 3 atom stereocenters. The van der Waals surface area contributed by atoms with E-state index in [0.29, 0.717) is 0 Å². The first-order chi connectivity index (χ1) is 9.77. The average molecular weight is 267 g/mol. The van der Waals surface area contributed by atoms with E-state index < -0.39 is 11.6 Å². The van der Waals surface area contributed by atoms with E-state index in [4.69, 9.17) is 0 Å². The fourth-order valence-electron chi connectivity index (χ4n) is 3.87. The van der Waals surface area contributed by atoms with Crippen LogP contribution in [0.5, 0.6) is 0 Å². The van der Waals surface area contributed by atoms with Crippen LogP contribution in [0.2, 0.25) is 0 Å². The zero-order valence-corrected chi connectivity index (χ0v) is 11.1. The Kier molecular flexibility index (Phi) is 2.51. The van der Waals surface area contributed by atoms with E-state index in [1.807, 2.05) is 24.3 Å². The molecule has 2 aliphatic heterocycles. The summed E-state index contributed by atoms with van der Waals surface area (Å²) >= 11 is 0. The van der Waals surface area contributed by atoms with Gasteiger partial charge in [0.1, 0.15) is 6.10 Å². The first-order valence-corrected chi connectivity index (χ1v) is 7.02. The van der Waals surface area contributed by atoms with Gasteiger partial charge < -0.3 is 10.2 Å². The van der Waals surface area contributed by atoms with Crippen LogP contribution in [0.3, 0.4) is 0 Å². The van der Waals surface area contributed by atoms with Crippen molar-refractivity contribution in [3.8, 4) is 0 Å². The van der Waals surface area contributed by atoms with Gasteiger partial charge in [0.2, 0.25) is 0 Å². The lowest BCUT2D eigenvalue weighted by Gasteiger charge is -2.40. The molecule has 3 nitrogen and oxygen atoms in total. The van der Waals surface area contributed by atoms with Gasteiger partial charge in [0.15, 0.2) is 0 Å². The highest BCUT2D eigenvalue weighted by Gasteiger charge is 2.52. The summed E-state index contributed by atoms with van der Waals surface area (Å²) in [4.78, 5) is 0. The van der Waals surface area contributed by atoms with Crippen LogP contribution in [0.1, 0.15) is 28.3 Å². The summed E-state index contributed by atoms with van der Waals surface area (Å²) in [5.74, 6) is 0. The summed E-state index contributed by atoms with van der Waals surface area (Å²) in [6, 6.07) is 16.6. The minimum atomic E-state index is -0.852. The molecule has 0 aliphatic carbocycles. The third-order valence-electron chi connectivity index (χ3n) is 4.70. The molecule has 3 heteroatoms. The second-order valence-corrected chi connectivity index (χ2v) is 5.65. The van der Waals surface area contributed by atoms with Gasteiger partial charge in [-0.3, -0.25) is 5.32 Å². The zero-order chi connectivity index (χ0) is 13.7. The Hall–Kier alpha value is -1.68. The zero-order valence-electron chi connectivity index (χ0n) is 11.1. The topological polar surface area (TPSA) is 52.5 Å². The highest BCUT2D eigenvalue weighted by Crippen LogP contribution is 2.50. The van der Waals surface area contributed by atoms with Crippen LogP contribution in [-0.2, 0) is 12.0 Å². The van der Waals surface area contributed by atoms with Crippen molar-refractivity contribution in [2.45, 2.75) is 24.1 Å². The van der Waals surface area contributed by atoms with Gasteiger partial charge in [0.25, 0.3) is 0 Å². The molecule has 0 saturated heterocycles. The smallest absolute Gasteiger partial charge is 0.104 e. The van der Waals surface area contributed by atoms with E-state index in [0.717, 1.165) is 17.5 Å². The highest BCUT2D eigenvalue weighted by atomic mass is 16.3. The van der Waals surface area contributed by atoms with E-state index in [1.54, 1.807) is 0 Å². The fraction of sp³-hybridized carbons (Fsp3) is 0.294. The standard InChI is InChI=1S/C17H17NO2/c19-10-16(20)17-13-7-3-1-5-11(13)9-15(18-17)12-6-2-4-8-14(12)17/h1-8,15-16,18-20H,9-10H2/t15-,16+,17+/m1/s1. The van der Waals surface area contributed by atoms with Crippen molar-refractivity contribution in [3.05, 3.63) is 70.8 Å². The van der Waals surface area contributed by atoms with E-state index in [-0.39, 0.29) is 12.6 Å². The second-order valence-electron chi connectivity index (χ2n) is 5.65. The van der Waals surface area contributed by atoms with Crippen LogP contribution in [0.15, 0.2) is 48.5 Å². The summed E-state index contributed by atoms with van der Waals surface area (Å²) in [5, 5.41) is 23.7. The molecule has 3 N–H and O–H groups in total. The SMILES string of the molecule is OC[C@H](O)[C@]12N[C@H](Cc3ccccc31)c1ccccc12. The molecule has 2 heterocycles. The molecule has 0 radical (unpaired) electrons. The Labute approximate surface area is 117 Å².